The first kappa shape index (κ1) is 23.4. The molecule has 8 heteroatoms. The van der Waals surface area contributed by atoms with E-state index in [9.17, 15) is 10.1 Å². The Balaban J connectivity index is 1.76. The lowest BCUT2D eigenvalue weighted by atomic mass is 10.1. The van der Waals surface area contributed by atoms with Crippen molar-refractivity contribution < 1.29 is 9.53 Å². The van der Waals surface area contributed by atoms with Crippen LogP contribution in [0.3, 0.4) is 0 Å². The van der Waals surface area contributed by atoms with Gasteiger partial charge in [-0.3, -0.25) is 4.79 Å². The summed E-state index contributed by atoms with van der Waals surface area (Å²) in [6.07, 6.45) is 1.46. The van der Waals surface area contributed by atoms with Crippen LogP contribution in [0.5, 0.6) is 5.75 Å². The van der Waals surface area contributed by atoms with Gasteiger partial charge in [0.1, 0.15) is 18.2 Å². The number of nitrogens with zero attached hydrogens (tertiary/aromatic N) is 1. The summed E-state index contributed by atoms with van der Waals surface area (Å²) in [6.45, 7) is 0.341. The van der Waals surface area contributed by atoms with E-state index >= 15 is 0 Å². The maximum absolute atomic E-state index is 12.4. The number of anilines is 1. The zero-order valence-corrected chi connectivity index (χ0v) is 20.5. The number of amides is 1. The summed E-state index contributed by atoms with van der Waals surface area (Å²) in [6, 6.07) is 19.6. The van der Waals surface area contributed by atoms with Crippen LogP contribution in [-0.2, 0) is 11.4 Å². The molecule has 4 nitrogen and oxygen atoms in total. The first-order chi connectivity index (χ1) is 14.9. The van der Waals surface area contributed by atoms with E-state index < -0.39 is 5.91 Å². The van der Waals surface area contributed by atoms with Crippen molar-refractivity contribution in [3.63, 3.8) is 0 Å². The first-order valence-corrected chi connectivity index (χ1v) is 11.2. The fraction of sp³-hybridized carbons (Fsp3) is 0.0435. The molecule has 0 aliphatic rings. The van der Waals surface area contributed by atoms with Crippen molar-refractivity contribution in [2.45, 2.75) is 6.61 Å². The molecule has 0 radical (unpaired) electrons. The average Bonchev–Trinajstić information content (AvgIpc) is 2.74. The Labute approximate surface area is 206 Å². The second-order valence-electron chi connectivity index (χ2n) is 6.36. The number of hydrogen-bond acceptors (Lipinski definition) is 3. The molecule has 31 heavy (non-hydrogen) atoms. The van der Waals surface area contributed by atoms with Gasteiger partial charge >= 0.3 is 0 Å². The summed E-state index contributed by atoms with van der Waals surface area (Å²) in [7, 11) is 0. The van der Waals surface area contributed by atoms with Crippen molar-refractivity contribution in [1.82, 2.24) is 0 Å². The quantitative estimate of drug-likeness (QED) is 0.241. The number of nitrogens with one attached hydrogen (secondary N) is 1. The van der Waals surface area contributed by atoms with E-state index in [1.54, 1.807) is 36.4 Å². The van der Waals surface area contributed by atoms with Gasteiger partial charge in [-0.2, -0.15) is 5.26 Å². The Bertz CT molecular complexity index is 1150. The Morgan fingerprint density at radius 2 is 1.74 bits per heavy atom. The molecule has 1 amide bonds. The van der Waals surface area contributed by atoms with Gasteiger partial charge in [0.15, 0.2) is 5.75 Å². The number of ether oxygens (including phenoxy) is 1. The summed E-state index contributed by atoms with van der Waals surface area (Å²) in [5.41, 5.74) is 2.03. The summed E-state index contributed by atoms with van der Waals surface area (Å²) in [5.74, 6) is -0.0570. The Hall–Kier alpha value is -2.30. The predicted molar refractivity (Wildman–Crippen MR) is 131 cm³/mol. The zero-order chi connectivity index (χ0) is 22.4. The predicted octanol–water partition coefficient (Wildman–Crippen LogP) is 7.64. The molecule has 1 N–H and O–H groups in total. The molecule has 0 heterocycles. The Morgan fingerprint density at radius 1 is 1.06 bits per heavy atom. The van der Waals surface area contributed by atoms with Crippen LogP contribution in [-0.4, -0.2) is 5.91 Å². The molecular formula is C23H14Br2Cl2N2O2. The lowest BCUT2D eigenvalue weighted by molar-refractivity contribution is -0.112. The SMILES string of the molecule is N#C/C(=C/c1cc(Cl)c(OCc2ccc(Br)cc2)c(Br)c1)C(=O)Nc1ccc(Cl)cc1. The third-order valence-electron chi connectivity index (χ3n) is 4.10. The Kier molecular flexibility index (Phi) is 8.16. The van der Waals surface area contributed by atoms with Crippen molar-refractivity contribution in [1.29, 1.82) is 5.26 Å². The maximum Gasteiger partial charge on any atom is 0.266 e. The van der Waals surface area contributed by atoms with Crippen molar-refractivity contribution in [3.05, 3.63) is 96.4 Å². The van der Waals surface area contributed by atoms with Gasteiger partial charge in [0.25, 0.3) is 5.91 Å². The smallest absolute Gasteiger partial charge is 0.266 e. The number of benzene rings is 3. The van der Waals surface area contributed by atoms with Crippen LogP contribution in [0.2, 0.25) is 10.0 Å². The van der Waals surface area contributed by atoms with E-state index in [0.29, 0.717) is 38.1 Å². The molecule has 3 rings (SSSR count). The second kappa shape index (κ2) is 10.8. The van der Waals surface area contributed by atoms with Gasteiger partial charge in [0.2, 0.25) is 0 Å². The number of carbonyl (C=O) groups is 1. The number of halogens is 4. The highest BCUT2D eigenvalue weighted by atomic mass is 79.9. The molecule has 0 saturated carbocycles. The van der Waals surface area contributed by atoms with Crippen LogP contribution < -0.4 is 10.1 Å². The fourth-order valence-electron chi connectivity index (χ4n) is 2.58. The van der Waals surface area contributed by atoms with Gasteiger partial charge < -0.3 is 10.1 Å². The molecule has 0 bridgehead atoms. The number of hydrogen-bond donors (Lipinski definition) is 1. The third kappa shape index (κ3) is 6.59. The molecule has 0 unspecified atom stereocenters. The van der Waals surface area contributed by atoms with E-state index in [-0.39, 0.29) is 5.57 Å². The van der Waals surface area contributed by atoms with Crippen LogP contribution in [0.25, 0.3) is 6.08 Å². The van der Waals surface area contributed by atoms with Crippen LogP contribution in [0, 0.1) is 11.3 Å². The van der Waals surface area contributed by atoms with E-state index in [4.69, 9.17) is 27.9 Å². The molecular weight excluding hydrogens is 567 g/mol. The monoisotopic (exact) mass is 578 g/mol. The number of rotatable bonds is 6. The molecule has 3 aromatic carbocycles. The highest BCUT2D eigenvalue weighted by molar-refractivity contribution is 9.10. The maximum atomic E-state index is 12.4. The molecule has 0 aromatic heterocycles. The van der Waals surface area contributed by atoms with Gasteiger partial charge in [0.05, 0.1) is 9.50 Å². The standard InChI is InChI=1S/C23H14Br2Cl2N2O2/c24-17-3-1-14(2-4-17)13-31-22-20(25)10-15(11-21(22)27)9-16(12-28)23(30)29-19-7-5-18(26)6-8-19/h1-11H,13H2,(H,29,30)/b16-9-. The van der Waals surface area contributed by atoms with Crippen molar-refractivity contribution in [2.75, 3.05) is 5.32 Å². The molecule has 0 fully saturated rings. The minimum absolute atomic E-state index is 0.0681. The molecule has 156 valence electrons. The van der Waals surface area contributed by atoms with Gasteiger partial charge in [-0.15, -0.1) is 0 Å². The molecule has 0 aliphatic carbocycles. The van der Waals surface area contributed by atoms with Gasteiger partial charge in [0, 0.05) is 15.2 Å². The minimum Gasteiger partial charge on any atom is -0.486 e. The van der Waals surface area contributed by atoms with Crippen LogP contribution in [0.1, 0.15) is 11.1 Å². The van der Waals surface area contributed by atoms with Gasteiger partial charge in [-0.1, -0.05) is 51.3 Å². The Morgan fingerprint density at radius 3 is 2.35 bits per heavy atom. The fourth-order valence-corrected chi connectivity index (χ4v) is 3.96. The number of nitriles is 1. The van der Waals surface area contributed by atoms with E-state index in [0.717, 1.165) is 10.0 Å². The topological polar surface area (TPSA) is 62.1 Å². The second-order valence-corrected chi connectivity index (χ2v) is 8.97. The first-order valence-electron chi connectivity index (χ1n) is 8.90. The lowest BCUT2D eigenvalue weighted by Crippen LogP contribution is -2.13. The average molecular weight is 581 g/mol. The minimum atomic E-state index is -0.535. The highest BCUT2D eigenvalue weighted by Crippen LogP contribution is 2.35. The molecule has 0 spiro atoms. The van der Waals surface area contributed by atoms with Gasteiger partial charge in [-0.05, 0) is 81.7 Å². The molecule has 0 aliphatic heterocycles. The zero-order valence-electron chi connectivity index (χ0n) is 15.8. The molecule has 3 aromatic rings. The van der Waals surface area contributed by atoms with Gasteiger partial charge in [-0.25, -0.2) is 0 Å². The van der Waals surface area contributed by atoms with E-state index in [1.165, 1.54) is 6.08 Å². The summed E-state index contributed by atoms with van der Waals surface area (Å²) in [4.78, 5) is 12.4. The van der Waals surface area contributed by atoms with Crippen LogP contribution in [0.15, 0.2) is 75.2 Å². The highest BCUT2D eigenvalue weighted by Gasteiger charge is 2.13. The van der Waals surface area contributed by atoms with Crippen molar-refractivity contribution in [3.8, 4) is 11.8 Å². The lowest BCUT2D eigenvalue weighted by Gasteiger charge is -2.11. The van der Waals surface area contributed by atoms with Crippen molar-refractivity contribution >= 4 is 72.7 Å². The van der Waals surface area contributed by atoms with E-state index in [2.05, 4.69) is 37.2 Å². The number of carbonyl (C=O) groups excluding carboxylic acids is 1. The molecule has 0 atom stereocenters. The third-order valence-corrected chi connectivity index (χ3v) is 5.75. The van der Waals surface area contributed by atoms with E-state index in [1.807, 2.05) is 30.3 Å². The van der Waals surface area contributed by atoms with Crippen LogP contribution >= 0.6 is 55.1 Å². The van der Waals surface area contributed by atoms with Crippen LogP contribution in [0.4, 0.5) is 5.69 Å². The largest absolute Gasteiger partial charge is 0.486 e. The normalized spacial score (nSPS) is 11.0. The summed E-state index contributed by atoms with van der Waals surface area (Å²) < 4.78 is 7.44. The summed E-state index contributed by atoms with van der Waals surface area (Å²) >= 11 is 19.1. The summed E-state index contributed by atoms with van der Waals surface area (Å²) in [5, 5.41) is 13.0. The van der Waals surface area contributed by atoms with Crippen molar-refractivity contribution in [2.24, 2.45) is 0 Å². The molecule has 0 saturated heterocycles.